The largest absolute Gasteiger partial charge is 0.507 e. The van der Waals surface area contributed by atoms with E-state index in [1.165, 1.54) is 6.07 Å². The van der Waals surface area contributed by atoms with Crippen LogP contribution < -0.4 is 0 Å². The molecule has 7 nitrogen and oxygen atoms in total. The minimum Gasteiger partial charge on any atom is -0.507 e. The molecule has 2 heterocycles. The third kappa shape index (κ3) is 4.50. The maximum atomic E-state index is 13.3. The van der Waals surface area contributed by atoms with Crippen LogP contribution in [0.15, 0.2) is 57.9 Å². The summed E-state index contributed by atoms with van der Waals surface area (Å²) in [7, 11) is 0. The molecule has 0 radical (unpaired) electrons. The Hall–Kier alpha value is -3.26. The van der Waals surface area contributed by atoms with Crippen LogP contribution in [0.5, 0.6) is 5.75 Å². The van der Waals surface area contributed by atoms with Crippen LogP contribution in [-0.4, -0.2) is 58.1 Å². The number of thioether (sulfide) groups is 1. The molecule has 4 rings (SSSR count). The number of hydrogen-bond acceptors (Lipinski definition) is 6. The lowest BCUT2D eigenvalue weighted by atomic mass is 10.1. The van der Waals surface area contributed by atoms with Crippen molar-refractivity contribution in [2.24, 2.45) is 0 Å². The van der Waals surface area contributed by atoms with E-state index in [0.717, 1.165) is 21.9 Å². The molecule has 0 aliphatic carbocycles. The predicted molar refractivity (Wildman–Crippen MR) is 122 cm³/mol. The van der Waals surface area contributed by atoms with Gasteiger partial charge in [-0.2, -0.15) is 0 Å². The molecule has 8 heteroatoms. The second-order valence-electron chi connectivity index (χ2n) is 7.69. The minimum absolute atomic E-state index is 0.0275. The Labute approximate surface area is 191 Å². The number of hydrogen-bond donors (Lipinski definition) is 1. The Kier molecular flexibility index (Phi) is 6.50. The lowest BCUT2D eigenvalue weighted by Gasteiger charge is -2.35. The molecule has 1 N–H and O–H groups in total. The molecule has 1 saturated heterocycles. The fourth-order valence-corrected chi connectivity index (χ4v) is 4.93. The zero-order valence-corrected chi connectivity index (χ0v) is 18.9. The number of benzene rings is 2. The van der Waals surface area contributed by atoms with Crippen molar-refractivity contribution in [3.05, 3.63) is 76.7 Å². The molecule has 0 bridgehead atoms. The van der Waals surface area contributed by atoms with Gasteiger partial charge in [-0.05, 0) is 38.1 Å². The molecule has 0 atom stereocenters. The van der Waals surface area contributed by atoms with E-state index in [0.29, 0.717) is 37.5 Å². The highest BCUT2D eigenvalue weighted by molar-refractivity contribution is 7.98. The van der Waals surface area contributed by atoms with Crippen LogP contribution in [0.4, 0.5) is 0 Å². The summed E-state index contributed by atoms with van der Waals surface area (Å²) in [6, 6.07) is 14.1. The average molecular weight is 452 g/mol. The second-order valence-corrected chi connectivity index (χ2v) is 8.71. The highest BCUT2D eigenvalue weighted by Crippen LogP contribution is 2.30. The molecule has 0 saturated carbocycles. The van der Waals surface area contributed by atoms with Crippen LogP contribution in [-0.2, 0) is 5.75 Å². The zero-order chi connectivity index (χ0) is 22.7. The van der Waals surface area contributed by atoms with E-state index in [1.54, 1.807) is 39.8 Å². The van der Waals surface area contributed by atoms with Crippen LogP contribution in [0.2, 0.25) is 0 Å². The standard InChI is InChI=1S/C24H25N3O4S/c1-16-20(17(2)31-25-16)15-32-22-10-6-4-8-19(22)24(30)27-13-11-26(12-14-27)23(29)18-7-3-5-9-21(18)28/h3-10,28H,11-15H2,1-2H3. The van der Waals surface area contributed by atoms with Gasteiger partial charge in [-0.15, -0.1) is 11.8 Å². The number of carbonyl (C=O) groups excluding carboxylic acids is 2. The maximum Gasteiger partial charge on any atom is 0.257 e. The van der Waals surface area contributed by atoms with Gasteiger partial charge in [-0.3, -0.25) is 9.59 Å². The van der Waals surface area contributed by atoms with E-state index in [1.807, 2.05) is 38.1 Å². The number of aromatic hydroxyl groups is 1. The van der Waals surface area contributed by atoms with Crippen molar-refractivity contribution in [1.29, 1.82) is 0 Å². The molecular formula is C24H25N3O4S. The fourth-order valence-electron chi connectivity index (χ4n) is 3.73. The van der Waals surface area contributed by atoms with Crippen LogP contribution in [0.1, 0.15) is 37.7 Å². The van der Waals surface area contributed by atoms with Gasteiger partial charge in [0.05, 0.1) is 16.8 Å². The van der Waals surface area contributed by atoms with E-state index in [9.17, 15) is 14.7 Å². The summed E-state index contributed by atoms with van der Waals surface area (Å²) in [6.45, 7) is 5.55. The molecular weight excluding hydrogens is 426 g/mol. The molecule has 1 aromatic heterocycles. The van der Waals surface area contributed by atoms with Crippen molar-refractivity contribution in [3.8, 4) is 5.75 Å². The van der Waals surface area contributed by atoms with Crippen LogP contribution in [0.25, 0.3) is 0 Å². The van der Waals surface area contributed by atoms with Crippen LogP contribution in [0.3, 0.4) is 0 Å². The Morgan fingerprint density at radius 3 is 2.09 bits per heavy atom. The van der Waals surface area contributed by atoms with Gasteiger partial charge >= 0.3 is 0 Å². The quantitative estimate of drug-likeness (QED) is 0.593. The molecule has 166 valence electrons. The van der Waals surface area contributed by atoms with Gasteiger partial charge in [0.15, 0.2) is 0 Å². The highest BCUT2D eigenvalue weighted by Gasteiger charge is 2.27. The van der Waals surface area contributed by atoms with Crippen molar-refractivity contribution >= 4 is 23.6 Å². The summed E-state index contributed by atoms with van der Waals surface area (Å²) in [5.41, 5.74) is 2.86. The van der Waals surface area contributed by atoms with Crippen molar-refractivity contribution in [2.45, 2.75) is 24.5 Å². The number of rotatable bonds is 5. The molecule has 1 aliphatic heterocycles. The lowest BCUT2D eigenvalue weighted by molar-refractivity contribution is 0.0532. The summed E-state index contributed by atoms with van der Waals surface area (Å²) in [5.74, 6) is 1.19. The monoisotopic (exact) mass is 451 g/mol. The summed E-state index contributed by atoms with van der Waals surface area (Å²) in [6.07, 6.45) is 0. The van der Waals surface area contributed by atoms with Crippen LogP contribution >= 0.6 is 11.8 Å². The number of aromatic nitrogens is 1. The first-order chi connectivity index (χ1) is 15.5. The Morgan fingerprint density at radius 1 is 0.938 bits per heavy atom. The van der Waals surface area contributed by atoms with Gasteiger partial charge in [0.25, 0.3) is 11.8 Å². The topological polar surface area (TPSA) is 86.9 Å². The first-order valence-electron chi connectivity index (χ1n) is 10.5. The number of amides is 2. The number of para-hydroxylation sites is 1. The van der Waals surface area contributed by atoms with Gasteiger partial charge in [-0.25, -0.2) is 0 Å². The Bertz CT molecular complexity index is 1120. The number of phenols is 1. The molecule has 2 aromatic carbocycles. The molecule has 0 spiro atoms. The number of nitrogens with zero attached hydrogens (tertiary/aromatic N) is 3. The van der Waals surface area contributed by atoms with Gasteiger partial charge in [0.1, 0.15) is 11.5 Å². The molecule has 2 amide bonds. The summed E-state index contributed by atoms with van der Waals surface area (Å²) < 4.78 is 5.24. The second kappa shape index (κ2) is 9.48. The van der Waals surface area contributed by atoms with E-state index >= 15 is 0 Å². The summed E-state index contributed by atoms with van der Waals surface area (Å²) in [5, 5.41) is 14.0. The van der Waals surface area contributed by atoms with Crippen molar-refractivity contribution in [1.82, 2.24) is 15.0 Å². The smallest absolute Gasteiger partial charge is 0.257 e. The molecule has 1 fully saturated rings. The van der Waals surface area contributed by atoms with E-state index in [4.69, 9.17) is 4.52 Å². The van der Waals surface area contributed by atoms with Gasteiger partial charge in [0.2, 0.25) is 0 Å². The third-order valence-corrected chi connectivity index (χ3v) is 6.76. The lowest BCUT2D eigenvalue weighted by Crippen LogP contribution is -2.50. The van der Waals surface area contributed by atoms with Gasteiger partial charge in [0, 0.05) is 42.4 Å². The number of carbonyl (C=O) groups is 2. The van der Waals surface area contributed by atoms with Crippen molar-refractivity contribution < 1.29 is 19.2 Å². The normalized spacial score (nSPS) is 13.9. The third-order valence-electron chi connectivity index (χ3n) is 5.66. The SMILES string of the molecule is Cc1noc(C)c1CSc1ccccc1C(=O)N1CCN(C(=O)c2ccccc2O)CC1. The first-order valence-corrected chi connectivity index (χ1v) is 11.4. The predicted octanol–water partition coefficient (Wildman–Crippen LogP) is 3.89. The van der Waals surface area contributed by atoms with E-state index < -0.39 is 0 Å². The van der Waals surface area contributed by atoms with E-state index in [-0.39, 0.29) is 23.1 Å². The molecule has 3 aromatic rings. The Balaban J connectivity index is 1.41. The van der Waals surface area contributed by atoms with Crippen molar-refractivity contribution in [3.63, 3.8) is 0 Å². The molecule has 1 aliphatic rings. The highest BCUT2D eigenvalue weighted by atomic mass is 32.2. The first kappa shape index (κ1) is 22.0. The maximum absolute atomic E-state index is 13.3. The van der Waals surface area contributed by atoms with Gasteiger partial charge in [-0.1, -0.05) is 29.4 Å². The number of piperazine rings is 1. The number of aryl methyl sites for hydroxylation is 2. The zero-order valence-electron chi connectivity index (χ0n) is 18.1. The summed E-state index contributed by atoms with van der Waals surface area (Å²) >= 11 is 1.59. The Morgan fingerprint density at radius 2 is 1.50 bits per heavy atom. The van der Waals surface area contributed by atoms with Gasteiger partial charge < -0.3 is 19.4 Å². The fraction of sp³-hybridized carbons (Fsp3) is 0.292. The van der Waals surface area contributed by atoms with Crippen molar-refractivity contribution in [2.75, 3.05) is 26.2 Å². The summed E-state index contributed by atoms with van der Waals surface area (Å²) in [4.78, 5) is 30.3. The average Bonchev–Trinajstić information content (AvgIpc) is 3.14. The van der Waals surface area contributed by atoms with E-state index in [2.05, 4.69) is 5.16 Å². The minimum atomic E-state index is -0.217. The molecule has 32 heavy (non-hydrogen) atoms. The molecule has 0 unspecified atom stereocenters. The number of phenolic OH excluding ortho intramolecular Hbond substituents is 1. The van der Waals surface area contributed by atoms with Crippen LogP contribution in [0, 0.1) is 13.8 Å².